The van der Waals surface area contributed by atoms with Gasteiger partial charge >= 0.3 is 5.97 Å². The zero-order chi connectivity index (χ0) is 8.81. The number of hydrogen-bond donors (Lipinski definition) is 0. The second-order valence-electron chi connectivity index (χ2n) is 2.05. The van der Waals surface area contributed by atoms with Crippen LogP contribution in [0.1, 0.15) is 5.69 Å². The van der Waals surface area contributed by atoms with E-state index in [1.54, 1.807) is 5.51 Å². The molecule has 1 heterocycles. The molecule has 0 fully saturated rings. The third kappa shape index (κ3) is 2.98. The van der Waals surface area contributed by atoms with E-state index in [0.717, 1.165) is 5.69 Å². The van der Waals surface area contributed by atoms with Crippen molar-refractivity contribution in [2.75, 3.05) is 13.7 Å². The lowest BCUT2D eigenvalue weighted by Gasteiger charge is -1.99. The van der Waals surface area contributed by atoms with E-state index in [-0.39, 0.29) is 12.6 Å². The fourth-order valence-corrected chi connectivity index (χ4v) is 1.15. The molecule has 66 valence electrons. The highest BCUT2D eigenvalue weighted by atomic mass is 32.1. The van der Waals surface area contributed by atoms with Crippen LogP contribution >= 0.6 is 11.3 Å². The standard InChI is InChI=1S/C7H9NO3S/c1-10-7(9)3-11-2-6-4-12-5-8-6/h4-5H,2-3H2,1H3. The van der Waals surface area contributed by atoms with Crippen LogP contribution in [0.4, 0.5) is 0 Å². The van der Waals surface area contributed by atoms with Gasteiger partial charge in [-0.3, -0.25) is 0 Å². The molecule has 4 nitrogen and oxygen atoms in total. The summed E-state index contributed by atoms with van der Waals surface area (Å²) in [6.07, 6.45) is 0. The molecular formula is C7H9NO3S. The van der Waals surface area contributed by atoms with Crippen LogP contribution in [0.25, 0.3) is 0 Å². The number of carbonyl (C=O) groups excluding carboxylic acids is 1. The predicted octanol–water partition coefficient (Wildman–Crippen LogP) is 0.833. The first-order chi connectivity index (χ1) is 5.83. The average molecular weight is 187 g/mol. The van der Waals surface area contributed by atoms with Crippen molar-refractivity contribution < 1.29 is 14.3 Å². The van der Waals surface area contributed by atoms with Crippen LogP contribution < -0.4 is 0 Å². The SMILES string of the molecule is COC(=O)COCc1cscn1. The largest absolute Gasteiger partial charge is 0.467 e. The quantitative estimate of drug-likeness (QED) is 0.655. The molecule has 0 N–H and O–H groups in total. The first kappa shape index (κ1) is 9.15. The number of esters is 1. The number of rotatable bonds is 4. The molecule has 0 bridgehead atoms. The second kappa shape index (κ2) is 4.84. The zero-order valence-electron chi connectivity index (χ0n) is 6.65. The highest BCUT2D eigenvalue weighted by molar-refractivity contribution is 7.07. The van der Waals surface area contributed by atoms with E-state index in [0.29, 0.717) is 6.61 Å². The zero-order valence-corrected chi connectivity index (χ0v) is 7.47. The van der Waals surface area contributed by atoms with Crippen LogP contribution in [0.3, 0.4) is 0 Å². The van der Waals surface area contributed by atoms with E-state index in [4.69, 9.17) is 4.74 Å². The molecule has 1 aromatic heterocycles. The molecule has 0 saturated heterocycles. The molecule has 1 aromatic rings. The number of hydrogen-bond acceptors (Lipinski definition) is 5. The van der Waals surface area contributed by atoms with E-state index < -0.39 is 0 Å². The highest BCUT2D eigenvalue weighted by Gasteiger charge is 2.00. The average Bonchev–Trinajstić information content (AvgIpc) is 2.57. The Hall–Kier alpha value is -0.940. The van der Waals surface area contributed by atoms with E-state index in [9.17, 15) is 4.79 Å². The molecule has 1 rings (SSSR count). The molecular weight excluding hydrogens is 178 g/mol. The molecule has 0 unspecified atom stereocenters. The molecule has 5 heteroatoms. The summed E-state index contributed by atoms with van der Waals surface area (Å²) in [4.78, 5) is 14.6. The van der Waals surface area contributed by atoms with Crippen molar-refractivity contribution in [1.82, 2.24) is 4.98 Å². The van der Waals surface area contributed by atoms with Crippen LogP contribution in [0.15, 0.2) is 10.9 Å². The monoisotopic (exact) mass is 187 g/mol. The molecule has 12 heavy (non-hydrogen) atoms. The van der Waals surface area contributed by atoms with E-state index in [1.165, 1.54) is 18.4 Å². The summed E-state index contributed by atoms with van der Waals surface area (Å²) in [5.74, 6) is -0.370. The first-order valence-corrected chi connectivity index (χ1v) is 4.29. The van der Waals surface area contributed by atoms with Crippen LogP contribution in [-0.2, 0) is 20.9 Å². The Labute approximate surface area is 74.1 Å². The molecule has 0 atom stereocenters. The lowest BCUT2D eigenvalue weighted by molar-refractivity contribution is -0.146. The van der Waals surface area contributed by atoms with E-state index in [1.807, 2.05) is 5.38 Å². The Morgan fingerprint density at radius 1 is 1.75 bits per heavy atom. The lowest BCUT2D eigenvalue weighted by atomic mass is 10.5. The van der Waals surface area contributed by atoms with Crippen molar-refractivity contribution in [3.8, 4) is 0 Å². The van der Waals surface area contributed by atoms with Crippen molar-refractivity contribution >= 4 is 17.3 Å². The Morgan fingerprint density at radius 3 is 3.17 bits per heavy atom. The van der Waals surface area contributed by atoms with Gasteiger partial charge in [-0.2, -0.15) is 0 Å². The van der Waals surface area contributed by atoms with E-state index >= 15 is 0 Å². The van der Waals surface area contributed by atoms with Crippen LogP contribution in [0.2, 0.25) is 0 Å². The molecule has 0 spiro atoms. The van der Waals surface area contributed by atoms with Gasteiger partial charge in [-0.25, -0.2) is 9.78 Å². The molecule has 0 aliphatic carbocycles. The van der Waals surface area contributed by atoms with Gasteiger partial charge < -0.3 is 9.47 Å². The van der Waals surface area contributed by atoms with Crippen molar-refractivity contribution in [2.45, 2.75) is 6.61 Å². The fourth-order valence-electron chi connectivity index (χ4n) is 0.607. The molecule has 0 amide bonds. The van der Waals surface area contributed by atoms with Crippen molar-refractivity contribution in [2.24, 2.45) is 0 Å². The van der Waals surface area contributed by atoms with Gasteiger partial charge in [0, 0.05) is 5.38 Å². The number of ether oxygens (including phenoxy) is 2. The minimum absolute atomic E-state index is 0.0198. The van der Waals surface area contributed by atoms with E-state index in [2.05, 4.69) is 9.72 Å². The first-order valence-electron chi connectivity index (χ1n) is 3.34. The number of nitrogens with zero attached hydrogens (tertiary/aromatic N) is 1. The molecule has 0 aliphatic rings. The summed E-state index contributed by atoms with van der Waals surface area (Å²) in [6, 6.07) is 0. The topological polar surface area (TPSA) is 48.4 Å². The fraction of sp³-hybridized carbons (Fsp3) is 0.429. The van der Waals surface area contributed by atoms with Crippen molar-refractivity contribution in [3.63, 3.8) is 0 Å². The maximum Gasteiger partial charge on any atom is 0.331 e. The number of aromatic nitrogens is 1. The number of thiazole rings is 1. The number of carbonyl (C=O) groups is 1. The van der Waals surface area contributed by atoms with Crippen LogP contribution in [0.5, 0.6) is 0 Å². The Morgan fingerprint density at radius 2 is 2.58 bits per heavy atom. The summed E-state index contributed by atoms with van der Waals surface area (Å²) in [5, 5.41) is 1.87. The summed E-state index contributed by atoms with van der Waals surface area (Å²) in [5.41, 5.74) is 2.56. The van der Waals surface area contributed by atoms with Gasteiger partial charge in [0.2, 0.25) is 0 Å². The molecule has 0 saturated carbocycles. The van der Waals surface area contributed by atoms with Crippen molar-refractivity contribution in [3.05, 3.63) is 16.6 Å². The van der Waals surface area contributed by atoms with Crippen molar-refractivity contribution in [1.29, 1.82) is 0 Å². The smallest absolute Gasteiger partial charge is 0.331 e. The van der Waals surface area contributed by atoms with Gasteiger partial charge in [0.15, 0.2) is 0 Å². The van der Waals surface area contributed by atoms with Gasteiger partial charge in [0.1, 0.15) is 6.61 Å². The predicted molar refractivity (Wildman–Crippen MR) is 43.8 cm³/mol. The third-order valence-corrected chi connectivity index (χ3v) is 1.82. The lowest BCUT2D eigenvalue weighted by Crippen LogP contribution is -2.09. The Bertz CT molecular complexity index is 235. The summed E-state index contributed by atoms with van der Waals surface area (Å²) >= 11 is 1.50. The molecule has 0 aromatic carbocycles. The summed E-state index contributed by atoms with van der Waals surface area (Å²) < 4.78 is 9.39. The maximum atomic E-state index is 10.6. The number of methoxy groups -OCH3 is 1. The van der Waals surface area contributed by atoms with Gasteiger partial charge in [-0.05, 0) is 0 Å². The van der Waals surface area contributed by atoms with Gasteiger partial charge in [-0.15, -0.1) is 11.3 Å². The normalized spacial score (nSPS) is 9.75. The van der Waals surface area contributed by atoms with Gasteiger partial charge in [-0.1, -0.05) is 0 Å². The Kier molecular flexibility index (Phi) is 3.69. The summed E-state index contributed by atoms with van der Waals surface area (Å²) in [7, 11) is 1.33. The van der Waals surface area contributed by atoms with Crippen LogP contribution in [0, 0.1) is 0 Å². The maximum absolute atomic E-state index is 10.6. The van der Waals surface area contributed by atoms with Crippen LogP contribution in [-0.4, -0.2) is 24.7 Å². The van der Waals surface area contributed by atoms with Gasteiger partial charge in [0.05, 0.1) is 24.9 Å². The minimum atomic E-state index is -0.370. The molecule has 0 radical (unpaired) electrons. The Balaban J connectivity index is 2.15. The molecule has 0 aliphatic heterocycles. The highest BCUT2D eigenvalue weighted by Crippen LogP contribution is 2.01. The summed E-state index contributed by atoms with van der Waals surface area (Å²) in [6.45, 7) is 0.340. The third-order valence-electron chi connectivity index (χ3n) is 1.18. The minimum Gasteiger partial charge on any atom is -0.467 e. The second-order valence-corrected chi connectivity index (χ2v) is 2.77. The van der Waals surface area contributed by atoms with Gasteiger partial charge in [0.25, 0.3) is 0 Å².